The Morgan fingerprint density at radius 3 is 2.38 bits per heavy atom. The highest BCUT2D eigenvalue weighted by molar-refractivity contribution is 5.75. The molecular formula is C13H20N2O. The minimum absolute atomic E-state index is 0.145. The highest BCUT2D eigenvalue weighted by Gasteiger charge is 2.10. The van der Waals surface area contributed by atoms with Crippen LogP contribution in [-0.2, 0) is 4.79 Å². The Morgan fingerprint density at radius 2 is 1.81 bits per heavy atom. The van der Waals surface area contributed by atoms with E-state index in [1.807, 2.05) is 6.92 Å². The Kier molecular flexibility index (Phi) is 4.07. The quantitative estimate of drug-likeness (QED) is 0.812. The summed E-state index contributed by atoms with van der Waals surface area (Å²) in [5, 5.41) is 3.11. The molecule has 1 unspecified atom stereocenters. The third-order valence-corrected chi connectivity index (χ3v) is 2.93. The van der Waals surface area contributed by atoms with Gasteiger partial charge < -0.3 is 11.1 Å². The van der Waals surface area contributed by atoms with Gasteiger partial charge in [0.2, 0.25) is 5.91 Å². The van der Waals surface area contributed by atoms with E-state index < -0.39 is 0 Å². The summed E-state index contributed by atoms with van der Waals surface area (Å²) in [7, 11) is 0. The molecule has 0 aliphatic rings. The maximum Gasteiger partial charge on any atom is 0.231 e. The number of primary amides is 1. The lowest BCUT2D eigenvalue weighted by Crippen LogP contribution is -2.30. The first-order valence-electron chi connectivity index (χ1n) is 5.51. The van der Waals surface area contributed by atoms with E-state index in [0.29, 0.717) is 0 Å². The average molecular weight is 220 g/mol. The predicted octanol–water partition coefficient (Wildman–Crippen LogP) is 1.75. The summed E-state index contributed by atoms with van der Waals surface area (Å²) in [5.41, 5.74) is 10.1. The minimum Gasteiger partial charge on any atom is -0.369 e. The van der Waals surface area contributed by atoms with E-state index in [1.54, 1.807) is 0 Å². The summed E-state index contributed by atoms with van der Waals surface area (Å²) in [5.74, 6) is -0.326. The van der Waals surface area contributed by atoms with Gasteiger partial charge in [-0.25, -0.2) is 0 Å². The van der Waals surface area contributed by atoms with E-state index in [2.05, 4.69) is 38.2 Å². The van der Waals surface area contributed by atoms with Gasteiger partial charge in [0.05, 0.1) is 6.54 Å². The summed E-state index contributed by atoms with van der Waals surface area (Å²) in [6.45, 7) is 8.55. The van der Waals surface area contributed by atoms with E-state index in [0.717, 1.165) is 0 Å². The SMILES string of the molecule is Cc1cc(C)c(C(C)NCC(N)=O)cc1C. The number of aryl methyl sites for hydroxylation is 3. The molecule has 1 rings (SSSR count). The van der Waals surface area contributed by atoms with Crippen molar-refractivity contribution in [3.63, 3.8) is 0 Å². The molecule has 1 amide bonds. The second-order valence-electron chi connectivity index (χ2n) is 4.36. The number of amides is 1. The van der Waals surface area contributed by atoms with E-state index in [1.165, 1.54) is 22.3 Å². The zero-order valence-corrected chi connectivity index (χ0v) is 10.4. The highest BCUT2D eigenvalue weighted by Crippen LogP contribution is 2.21. The van der Waals surface area contributed by atoms with Gasteiger partial charge in [0.25, 0.3) is 0 Å². The number of hydrogen-bond acceptors (Lipinski definition) is 2. The van der Waals surface area contributed by atoms with Crippen molar-refractivity contribution < 1.29 is 4.79 Å². The zero-order valence-electron chi connectivity index (χ0n) is 10.4. The van der Waals surface area contributed by atoms with Gasteiger partial charge in [-0.15, -0.1) is 0 Å². The van der Waals surface area contributed by atoms with Crippen LogP contribution in [0.5, 0.6) is 0 Å². The van der Waals surface area contributed by atoms with Crippen LogP contribution in [0.15, 0.2) is 12.1 Å². The molecule has 0 fully saturated rings. The number of hydrogen-bond donors (Lipinski definition) is 2. The molecule has 3 N–H and O–H groups in total. The molecule has 3 heteroatoms. The van der Waals surface area contributed by atoms with Crippen LogP contribution >= 0.6 is 0 Å². The lowest BCUT2D eigenvalue weighted by atomic mass is 9.96. The number of carbonyl (C=O) groups is 1. The number of nitrogens with two attached hydrogens (primary N) is 1. The van der Waals surface area contributed by atoms with Crippen molar-refractivity contribution >= 4 is 5.91 Å². The van der Waals surface area contributed by atoms with Crippen LogP contribution in [0.3, 0.4) is 0 Å². The molecular weight excluding hydrogens is 200 g/mol. The van der Waals surface area contributed by atoms with E-state index in [9.17, 15) is 4.79 Å². The number of carbonyl (C=O) groups excluding carboxylic acids is 1. The van der Waals surface area contributed by atoms with Crippen LogP contribution in [0, 0.1) is 20.8 Å². The number of rotatable bonds is 4. The third-order valence-electron chi connectivity index (χ3n) is 2.93. The smallest absolute Gasteiger partial charge is 0.231 e. The second-order valence-corrected chi connectivity index (χ2v) is 4.36. The maximum absolute atomic E-state index is 10.7. The second kappa shape index (κ2) is 5.12. The van der Waals surface area contributed by atoms with Gasteiger partial charge in [-0.05, 0) is 49.9 Å². The molecule has 0 bridgehead atoms. The topological polar surface area (TPSA) is 55.1 Å². The standard InChI is InChI=1S/C13H20N2O/c1-8-5-10(3)12(6-9(8)2)11(4)15-7-13(14)16/h5-6,11,15H,7H2,1-4H3,(H2,14,16). The molecule has 0 heterocycles. The van der Waals surface area contributed by atoms with Crippen LogP contribution in [-0.4, -0.2) is 12.5 Å². The minimum atomic E-state index is -0.326. The Morgan fingerprint density at radius 1 is 1.25 bits per heavy atom. The first-order valence-corrected chi connectivity index (χ1v) is 5.51. The van der Waals surface area contributed by atoms with Gasteiger partial charge in [0.1, 0.15) is 0 Å². The number of benzene rings is 1. The van der Waals surface area contributed by atoms with Crippen LogP contribution in [0.2, 0.25) is 0 Å². The van der Waals surface area contributed by atoms with Crippen molar-refractivity contribution in [1.82, 2.24) is 5.32 Å². The average Bonchev–Trinajstić information content (AvgIpc) is 2.20. The molecule has 0 spiro atoms. The Hall–Kier alpha value is -1.35. The predicted molar refractivity (Wildman–Crippen MR) is 66.3 cm³/mol. The Balaban J connectivity index is 2.86. The monoisotopic (exact) mass is 220 g/mol. The molecule has 1 aromatic carbocycles. The van der Waals surface area contributed by atoms with E-state index in [4.69, 9.17) is 5.73 Å². The fourth-order valence-corrected chi connectivity index (χ4v) is 1.81. The molecule has 1 aromatic rings. The molecule has 3 nitrogen and oxygen atoms in total. The van der Waals surface area contributed by atoms with Crippen molar-refractivity contribution in [2.45, 2.75) is 33.7 Å². The highest BCUT2D eigenvalue weighted by atomic mass is 16.1. The zero-order chi connectivity index (χ0) is 12.3. The summed E-state index contributed by atoms with van der Waals surface area (Å²) in [4.78, 5) is 10.7. The van der Waals surface area contributed by atoms with Crippen molar-refractivity contribution in [3.8, 4) is 0 Å². The van der Waals surface area contributed by atoms with Gasteiger partial charge in [0, 0.05) is 6.04 Å². The van der Waals surface area contributed by atoms with Crippen LogP contribution in [0.4, 0.5) is 0 Å². The normalized spacial score (nSPS) is 12.5. The molecule has 0 aliphatic carbocycles. The molecule has 0 saturated carbocycles. The summed E-state index contributed by atoms with van der Waals surface area (Å²) in [6, 6.07) is 4.49. The largest absolute Gasteiger partial charge is 0.369 e. The van der Waals surface area contributed by atoms with Crippen molar-refractivity contribution in [2.75, 3.05) is 6.54 Å². The van der Waals surface area contributed by atoms with Gasteiger partial charge in [-0.3, -0.25) is 4.79 Å². The summed E-state index contributed by atoms with van der Waals surface area (Å²) in [6.07, 6.45) is 0. The van der Waals surface area contributed by atoms with Gasteiger partial charge in [-0.2, -0.15) is 0 Å². The molecule has 1 atom stereocenters. The third kappa shape index (κ3) is 3.07. The van der Waals surface area contributed by atoms with Gasteiger partial charge in [0.15, 0.2) is 0 Å². The number of nitrogens with one attached hydrogen (secondary N) is 1. The van der Waals surface area contributed by atoms with Crippen LogP contribution in [0.1, 0.15) is 35.2 Å². The maximum atomic E-state index is 10.7. The molecule has 0 saturated heterocycles. The Bertz CT molecular complexity index is 399. The van der Waals surface area contributed by atoms with E-state index >= 15 is 0 Å². The Labute approximate surface area is 97.0 Å². The molecule has 0 radical (unpaired) electrons. The fraction of sp³-hybridized carbons (Fsp3) is 0.462. The van der Waals surface area contributed by atoms with Gasteiger partial charge >= 0.3 is 0 Å². The molecule has 0 aromatic heterocycles. The first-order chi connectivity index (χ1) is 7.41. The molecule has 88 valence electrons. The lowest BCUT2D eigenvalue weighted by Gasteiger charge is -2.17. The van der Waals surface area contributed by atoms with Crippen LogP contribution < -0.4 is 11.1 Å². The van der Waals surface area contributed by atoms with E-state index in [-0.39, 0.29) is 18.5 Å². The van der Waals surface area contributed by atoms with Crippen LogP contribution in [0.25, 0.3) is 0 Å². The van der Waals surface area contributed by atoms with Crippen molar-refractivity contribution in [3.05, 3.63) is 34.4 Å². The van der Waals surface area contributed by atoms with Gasteiger partial charge in [-0.1, -0.05) is 12.1 Å². The molecule has 0 aliphatic heterocycles. The summed E-state index contributed by atoms with van der Waals surface area (Å²) < 4.78 is 0. The fourth-order valence-electron chi connectivity index (χ4n) is 1.81. The molecule has 16 heavy (non-hydrogen) atoms. The first kappa shape index (κ1) is 12.7. The summed E-state index contributed by atoms with van der Waals surface area (Å²) >= 11 is 0. The van der Waals surface area contributed by atoms with Crippen molar-refractivity contribution in [1.29, 1.82) is 0 Å². The van der Waals surface area contributed by atoms with Crippen molar-refractivity contribution in [2.24, 2.45) is 5.73 Å². The lowest BCUT2D eigenvalue weighted by molar-refractivity contribution is -0.117.